The summed E-state index contributed by atoms with van der Waals surface area (Å²) in [6.45, 7) is 1.94. The predicted octanol–water partition coefficient (Wildman–Crippen LogP) is 2.31. The van der Waals surface area contributed by atoms with Crippen molar-refractivity contribution in [1.82, 2.24) is 4.90 Å². The molecule has 0 spiro atoms. The molecule has 0 saturated carbocycles. The first-order chi connectivity index (χ1) is 7.72. The van der Waals surface area contributed by atoms with Crippen LogP contribution in [0.15, 0.2) is 18.2 Å². The van der Waals surface area contributed by atoms with Crippen molar-refractivity contribution in [2.24, 2.45) is 5.73 Å². The Morgan fingerprint density at radius 2 is 2.12 bits per heavy atom. The van der Waals surface area contributed by atoms with Gasteiger partial charge in [0.2, 0.25) is 0 Å². The van der Waals surface area contributed by atoms with Gasteiger partial charge in [-0.25, -0.2) is 8.78 Å². The lowest BCUT2D eigenvalue weighted by molar-refractivity contribution is 0.246. The first-order valence-corrected chi connectivity index (χ1v) is 5.59. The number of nitrogens with zero attached hydrogens (tertiary/aromatic N) is 1. The summed E-state index contributed by atoms with van der Waals surface area (Å²) in [7, 11) is 0. The van der Waals surface area contributed by atoms with Crippen LogP contribution in [0.4, 0.5) is 8.78 Å². The summed E-state index contributed by atoms with van der Waals surface area (Å²) in [5.41, 5.74) is 6.05. The molecular weight excluding hydrogens is 246 g/mol. The number of nitrogens with two attached hydrogens (primary N) is 1. The molecule has 17 heavy (non-hydrogen) atoms. The van der Waals surface area contributed by atoms with Crippen LogP contribution in [0, 0.1) is 11.6 Å². The predicted molar refractivity (Wildman–Crippen MR) is 66.1 cm³/mol. The van der Waals surface area contributed by atoms with Gasteiger partial charge >= 0.3 is 0 Å². The summed E-state index contributed by atoms with van der Waals surface area (Å²) in [5.74, 6) is -1.51. The fourth-order valence-electron chi connectivity index (χ4n) is 2.26. The van der Waals surface area contributed by atoms with Crippen LogP contribution in [0.5, 0.6) is 0 Å². The largest absolute Gasteiger partial charge is 0.329 e. The lowest BCUT2D eigenvalue weighted by Crippen LogP contribution is -2.35. The Kier molecular flexibility index (Phi) is 5.31. The van der Waals surface area contributed by atoms with Gasteiger partial charge in [-0.05, 0) is 25.5 Å². The number of hydrogen-bond donors (Lipinski definition) is 1. The fraction of sp³-hybridized carbons (Fsp3) is 0.500. The molecule has 1 aliphatic rings. The van der Waals surface area contributed by atoms with E-state index in [0.717, 1.165) is 25.5 Å². The van der Waals surface area contributed by atoms with Crippen molar-refractivity contribution >= 4 is 12.4 Å². The molecule has 1 fully saturated rings. The number of hydrogen-bond acceptors (Lipinski definition) is 2. The molecule has 2 rings (SSSR count). The van der Waals surface area contributed by atoms with E-state index < -0.39 is 11.6 Å². The first-order valence-electron chi connectivity index (χ1n) is 5.59. The van der Waals surface area contributed by atoms with E-state index in [4.69, 9.17) is 5.73 Å². The molecule has 5 heteroatoms. The van der Waals surface area contributed by atoms with Gasteiger partial charge in [0.15, 0.2) is 11.6 Å². The molecule has 1 heterocycles. The van der Waals surface area contributed by atoms with Gasteiger partial charge in [-0.3, -0.25) is 4.90 Å². The highest BCUT2D eigenvalue weighted by molar-refractivity contribution is 5.85. The Balaban J connectivity index is 0.00000144. The third kappa shape index (κ3) is 3.15. The van der Waals surface area contributed by atoms with Gasteiger partial charge in [-0.2, -0.15) is 0 Å². The molecule has 1 unspecified atom stereocenters. The molecule has 0 radical (unpaired) electrons. The average molecular weight is 263 g/mol. The summed E-state index contributed by atoms with van der Waals surface area (Å²) in [5, 5.41) is 0. The first kappa shape index (κ1) is 14.4. The Labute approximate surface area is 106 Å². The molecule has 0 aromatic heterocycles. The molecule has 1 atom stereocenters. The molecule has 2 N–H and O–H groups in total. The lowest BCUT2D eigenvalue weighted by Gasteiger charge is -2.23. The summed E-state index contributed by atoms with van der Waals surface area (Å²) in [4.78, 5) is 2.12. The molecular formula is C12H17ClF2N2. The van der Waals surface area contributed by atoms with Gasteiger partial charge in [0, 0.05) is 24.7 Å². The van der Waals surface area contributed by atoms with Crippen LogP contribution in [-0.2, 0) is 6.54 Å². The standard InChI is InChI=1S/C12H16F2N2.ClH/c13-11-5-1-3-9(12(11)14)8-16-6-2-4-10(16)7-15;/h1,3,5,10H,2,4,6-8,15H2;1H. The molecule has 2 nitrogen and oxygen atoms in total. The minimum Gasteiger partial charge on any atom is -0.329 e. The van der Waals surface area contributed by atoms with Crippen molar-refractivity contribution in [3.8, 4) is 0 Å². The van der Waals surface area contributed by atoms with Gasteiger partial charge in [-0.1, -0.05) is 12.1 Å². The highest BCUT2D eigenvalue weighted by atomic mass is 35.5. The van der Waals surface area contributed by atoms with E-state index >= 15 is 0 Å². The van der Waals surface area contributed by atoms with Crippen molar-refractivity contribution in [3.05, 3.63) is 35.4 Å². The van der Waals surface area contributed by atoms with Crippen LogP contribution >= 0.6 is 12.4 Å². The second kappa shape index (κ2) is 6.28. The van der Waals surface area contributed by atoms with Crippen LogP contribution in [0.1, 0.15) is 18.4 Å². The van der Waals surface area contributed by atoms with Crippen LogP contribution < -0.4 is 5.73 Å². The Bertz CT molecular complexity index is 374. The van der Waals surface area contributed by atoms with E-state index in [1.54, 1.807) is 12.1 Å². The minimum absolute atomic E-state index is 0. The molecule has 96 valence electrons. The maximum absolute atomic E-state index is 13.5. The molecule has 1 aromatic carbocycles. The zero-order valence-electron chi connectivity index (χ0n) is 9.53. The molecule has 1 aromatic rings. The van der Waals surface area contributed by atoms with Crippen molar-refractivity contribution in [2.45, 2.75) is 25.4 Å². The van der Waals surface area contributed by atoms with Gasteiger partial charge in [0.25, 0.3) is 0 Å². The monoisotopic (exact) mass is 262 g/mol. The SMILES string of the molecule is Cl.NCC1CCCN1Cc1cccc(F)c1F. The minimum atomic E-state index is -0.777. The zero-order valence-corrected chi connectivity index (χ0v) is 10.4. The van der Waals surface area contributed by atoms with Crippen molar-refractivity contribution in [3.63, 3.8) is 0 Å². The lowest BCUT2D eigenvalue weighted by atomic mass is 10.1. The second-order valence-corrected chi connectivity index (χ2v) is 4.22. The van der Waals surface area contributed by atoms with Crippen LogP contribution in [-0.4, -0.2) is 24.0 Å². The number of rotatable bonds is 3. The topological polar surface area (TPSA) is 29.3 Å². The highest BCUT2D eigenvalue weighted by Gasteiger charge is 2.24. The van der Waals surface area contributed by atoms with Gasteiger partial charge in [-0.15, -0.1) is 12.4 Å². The molecule has 1 aliphatic heterocycles. The van der Waals surface area contributed by atoms with E-state index in [1.165, 1.54) is 0 Å². The van der Waals surface area contributed by atoms with Gasteiger partial charge in [0.1, 0.15) is 0 Å². The quantitative estimate of drug-likeness (QED) is 0.906. The molecule has 0 bridgehead atoms. The normalized spacial score (nSPS) is 20.3. The number of halogens is 3. The van der Waals surface area contributed by atoms with Crippen molar-refractivity contribution in [2.75, 3.05) is 13.1 Å². The molecule has 0 amide bonds. The Hall–Kier alpha value is -0.710. The van der Waals surface area contributed by atoms with E-state index in [1.807, 2.05) is 0 Å². The highest BCUT2D eigenvalue weighted by Crippen LogP contribution is 2.21. The third-order valence-corrected chi connectivity index (χ3v) is 3.18. The van der Waals surface area contributed by atoms with Crippen LogP contribution in [0.3, 0.4) is 0 Å². The van der Waals surface area contributed by atoms with E-state index in [-0.39, 0.29) is 12.4 Å². The number of likely N-dealkylation sites (tertiary alicyclic amines) is 1. The van der Waals surface area contributed by atoms with Crippen LogP contribution in [0.2, 0.25) is 0 Å². The zero-order chi connectivity index (χ0) is 11.5. The maximum Gasteiger partial charge on any atom is 0.163 e. The smallest absolute Gasteiger partial charge is 0.163 e. The summed E-state index contributed by atoms with van der Waals surface area (Å²) in [6.07, 6.45) is 2.13. The second-order valence-electron chi connectivity index (χ2n) is 4.22. The van der Waals surface area contributed by atoms with E-state index in [2.05, 4.69) is 4.90 Å². The molecule has 0 aliphatic carbocycles. The van der Waals surface area contributed by atoms with Crippen molar-refractivity contribution < 1.29 is 8.78 Å². The van der Waals surface area contributed by atoms with Crippen LogP contribution in [0.25, 0.3) is 0 Å². The summed E-state index contributed by atoms with van der Waals surface area (Å²) >= 11 is 0. The Morgan fingerprint density at radius 3 is 2.82 bits per heavy atom. The molecule has 1 saturated heterocycles. The average Bonchev–Trinajstić information content (AvgIpc) is 2.72. The fourth-order valence-corrected chi connectivity index (χ4v) is 2.26. The van der Waals surface area contributed by atoms with Gasteiger partial charge in [0.05, 0.1) is 0 Å². The summed E-state index contributed by atoms with van der Waals surface area (Å²) in [6, 6.07) is 4.62. The van der Waals surface area contributed by atoms with E-state index in [9.17, 15) is 8.78 Å². The third-order valence-electron chi connectivity index (χ3n) is 3.18. The van der Waals surface area contributed by atoms with Gasteiger partial charge < -0.3 is 5.73 Å². The Morgan fingerprint density at radius 1 is 1.35 bits per heavy atom. The maximum atomic E-state index is 13.5. The van der Waals surface area contributed by atoms with E-state index in [0.29, 0.717) is 24.7 Å². The summed E-state index contributed by atoms with van der Waals surface area (Å²) < 4.78 is 26.5. The number of benzene rings is 1. The van der Waals surface area contributed by atoms with Crippen molar-refractivity contribution in [1.29, 1.82) is 0 Å².